The first-order valence-corrected chi connectivity index (χ1v) is 17.0. The SMILES string of the molecule is C=NC(=NC(=N)c1ccccc1)c1ccc(-c2ccc(-c3ccccc3)c3sc4c(-c5ccccc5)cc(-c5ccccc5)cc4c23)cc1. The monoisotopic (exact) mass is 645 g/mol. The summed E-state index contributed by atoms with van der Waals surface area (Å²) in [5.74, 6) is 0.574. The number of aliphatic imine (C=N–C) groups is 2. The molecule has 0 atom stereocenters. The van der Waals surface area contributed by atoms with Crippen molar-refractivity contribution < 1.29 is 0 Å². The van der Waals surface area contributed by atoms with E-state index in [9.17, 15) is 0 Å². The lowest BCUT2D eigenvalue weighted by molar-refractivity contribution is 1.40. The Morgan fingerprint density at radius 1 is 0.469 bits per heavy atom. The largest absolute Gasteiger partial charge is 0.282 e. The summed E-state index contributed by atoms with van der Waals surface area (Å²) in [6.45, 7) is 3.76. The summed E-state index contributed by atoms with van der Waals surface area (Å²) < 4.78 is 2.53. The first kappa shape index (κ1) is 30.1. The van der Waals surface area contributed by atoms with E-state index >= 15 is 0 Å². The molecule has 232 valence electrons. The van der Waals surface area contributed by atoms with Crippen LogP contribution < -0.4 is 0 Å². The number of benzene rings is 7. The lowest BCUT2D eigenvalue weighted by atomic mass is 9.91. The van der Waals surface area contributed by atoms with Gasteiger partial charge in [0.15, 0.2) is 11.7 Å². The lowest BCUT2D eigenvalue weighted by Crippen LogP contribution is -2.03. The molecule has 0 fully saturated rings. The Hall–Kier alpha value is -6.23. The van der Waals surface area contributed by atoms with Gasteiger partial charge in [-0.15, -0.1) is 11.3 Å². The van der Waals surface area contributed by atoms with Crippen molar-refractivity contribution in [3.8, 4) is 44.5 Å². The van der Waals surface area contributed by atoms with Crippen molar-refractivity contribution in [3.63, 3.8) is 0 Å². The highest BCUT2D eigenvalue weighted by Crippen LogP contribution is 2.49. The molecule has 0 unspecified atom stereocenters. The summed E-state index contributed by atoms with van der Waals surface area (Å²) in [6.07, 6.45) is 0. The summed E-state index contributed by atoms with van der Waals surface area (Å²) in [7, 11) is 0. The minimum atomic E-state index is 0.151. The van der Waals surface area contributed by atoms with Gasteiger partial charge in [-0.05, 0) is 57.8 Å². The van der Waals surface area contributed by atoms with Gasteiger partial charge in [-0.25, -0.2) is 9.98 Å². The molecule has 0 aliphatic heterocycles. The Kier molecular flexibility index (Phi) is 8.06. The highest BCUT2D eigenvalue weighted by molar-refractivity contribution is 7.27. The Bertz CT molecular complexity index is 2480. The van der Waals surface area contributed by atoms with Gasteiger partial charge in [0.1, 0.15) is 0 Å². The van der Waals surface area contributed by atoms with Crippen LogP contribution in [-0.2, 0) is 0 Å². The van der Waals surface area contributed by atoms with Crippen LogP contribution in [0.15, 0.2) is 180 Å². The summed E-state index contributed by atoms with van der Waals surface area (Å²) in [4.78, 5) is 8.71. The van der Waals surface area contributed by atoms with Gasteiger partial charge in [0.25, 0.3) is 0 Å². The van der Waals surface area contributed by atoms with Crippen molar-refractivity contribution in [3.05, 3.63) is 181 Å². The Morgan fingerprint density at radius 3 is 1.61 bits per heavy atom. The minimum Gasteiger partial charge on any atom is -0.282 e. The molecular formula is C45H31N3S. The van der Waals surface area contributed by atoms with Crippen molar-refractivity contribution >= 4 is 49.9 Å². The molecule has 0 amide bonds. The smallest absolute Gasteiger partial charge is 0.161 e. The van der Waals surface area contributed by atoms with E-state index in [1.165, 1.54) is 59.1 Å². The fraction of sp³-hybridized carbons (Fsp3) is 0. The fourth-order valence-corrected chi connectivity index (χ4v) is 7.83. The number of thiophene rings is 1. The van der Waals surface area contributed by atoms with Gasteiger partial charge in [0, 0.05) is 36.9 Å². The Balaban J connectivity index is 1.35. The standard InChI is InChI=1S/C45H31N3S/c1-47-45(48-44(46)34-20-12-5-13-21-34)35-24-22-33(23-25-35)37-26-27-38(31-16-8-3-9-17-31)43-41(37)40-29-36(30-14-6-2-7-15-30)28-39(42(40)49-43)32-18-10-4-11-19-32/h2-29,46H,1H2. The van der Waals surface area contributed by atoms with Crippen molar-refractivity contribution in [2.24, 2.45) is 9.98 Å². The summed E-state index contributed by atoms with van der Waals surface area (Å²) >= 11 is 1.87. The molecule has 1 aromatic heterocycles. The number of fused-ring (bicyclic) bond motifs is 3. The van der Waals surface area contributed by atoms with Crippen molar-refractivity contribution in [2.75, 3.05) is 0 Å². The van der Waals surface area contributed by atoms with Crippen LogP contribution in [0, 0.1) is 5.41 Å². The lowest BCUT2D eigenvalue weighted by Gasteiger charge is -2.12. The predicted octanol–water partition coefficient (Wildman–Crippen LogP) is 12.2. The number of hydrogen-bond donors (Lipinski definition) is 1. The maximum Gasteiger partial charge on any atom is 0.161 e. The molecular weight excluding hydrogens is 615 g/mol. The number of rotatable bonds is 6. The van der Waals surface area contributed by atoms with Crippen molar-refractivity contribution in [1.29, 1.82) is 5.41 Å². The maximum absolute atomic E-state index is 8.51. The molecule has 7 aromatic carbocycles. The van der Waals surface area contributed by atoms with Gasteiger partial charge in [-0.1, -0.05) is 158 Å². The third kappa shape index (κ3) is 5.80. The Labute approximate surface area is 289 Å². The van der Waals surface area contributed by atoms with Crippen LogP contribution in [0.25, 0.3) is 64.7 Å². The Morgan fingerprint density at radius 2 is 1.00 bits per heavy atom. The molecule has 0 saturated heterocycles. The number of amidine groups is 2. The molecule has 0 bridgehead atoms. The van der Waals surface area contributed by atoms with E-state index in [0.29, 0.717) is 5.84 Å². The molecule has 0 aliphatic carbocycles. The average molecular weight is 646 g/mol. The molecule has 1 N–H and O–H groups in total. The summed E-state index contributed by atoms with van der Waals surface area (Å²) in [5.41, 5.74) is 11.0. The van der Waals surface area contributed by atoms with E-state index in [1.807, 2.05) is 53.8 Å². The zero-order valence-corrected chi connectivity index (χ0v) is 27.5. The zero-order chi connectivity index (χ0) is 33.2. The molecule has 0 aliphatic rings. The fourth-order valence-electron chi connectivity index (χ4n) is 6.45. The quantitative estimate of drug-likeness (QED) is 0.138. The maximum atomic E-state index is 8.51. The highest BCUT2D eigenvalue weighted by atomic mass is 32.1. The van der Waals surface area contributed by atoms with Gasteiger partial charge in [0.05, 0.1) is 0 Å². The number of hydrogen-bond acceptors (Lipinski definition) is 2. The predicted molar refractivity (Wildman–Crippen MR) is 210 cm³/mol. The van der Waals surface area contributed by atoms with Crippen LogP contribution in [0.5, 0.6) is 0 Å². The normalized spacial score (nSPS) is 11.6. The van der Waals surface area contributed by atoms with Gasteiger partial charge in [-0.2, -0.15) is 0 Å². The van der Waals surface area contributed by atoms with Crippen molar-refractivity contribution in [1.82, 2.24) is 0 Å². The van der Waals surface area contributed by atoms with E-state index in [2.05, 4.69) is 144 Å². The van der Waals surface area contributed by atoms with E-state index in [1.54, 1.807) is 0 Å². The van der Waals surface area contributed by atoms with Crippen LogP contribution in [0.3, 0.4) is 0 Å². The summed E-state index contributed by atoms with van der Waals surface area (Å²) in [5, 5.41) is 11.0. The van der Waals surface area contributed by atoms with Crippen molar-refractivity contribution in [2.45, 2.75) is 0 Å². The molecule has 49 heavy (non-hydrogen) atoms. The zero-order valence-electron chi connectivity index (χ0n) is 26.7. The molecule has 1 heterocycles. The van der Waals surface area contributed by atoms with E-state index in [0.717, 1.165) is 16.7 Å². The minimum absolute atomic E-state index is 0.151. The van der Waals surface area contributed by atoms with Gasteiger partial charge < -0.3 is 0 Å². The van der Waals surface area contributed by atoms with Gasteiger partial charge in [0.2, 0.25) is 0 Å². The van der Waals surface area contributed by atoms with Crippen LogP contribution in [0.4, 0.5) is 0 Å². The topological polar surface area (TPSA) is 48.6 Å². The third-order valence-corrected chi connectivity index (χ3v) is 10.1. The van der Waals surface area contributed by atoms with E-state index in [4.69, 9.17) is 5.41 Å². The van der Waals surface area contributed by atoms with Crippen LogP contribution in [0.2, 0.25) is 0 Å². The molecule has 0 saturated carbocycles. The van der Waals surface area contributed by atoms with Crippen LogP contribution >= 0.6 is 11.3 Å². The number of nitrogens with zero attached hydrogens (tertiary/aromatic N) is 2. The average Bonchev–Trinajstić information content (AvgIpc) is 3.57. The molecule has 0 radical (unpaired) electrons. The van der Waals surface area contributed by atoms with E-state index in [-0.39, 0.29) is 5.84 Å². The number of nitrogens with one attached hydrogen (secondary N) is 1. The second-order valence-corrected chi connectivity index (χ2v) is 12.9. The first-order valence-electron chi connectivity index (χ1n) is 16.2. The second-order valence-electron chi connectivity index (χ2n) is 11.9. The van der Waals surface area contributed by atoms with Crippen LogP contribution in [-0.4, -0.2) is 18.4 Å². The molecule has 4 heteroatoms. The van der Waals surface area contributed by atoms with E-state index < -0.39 is 0 Å². The third-order valence-electron chi connectivity index (χ3n) is 8.87. The first-order chi connectivity index (χ1) is 24.2. The highest BCUT2D eigenvalue weighted by Gasteiger charge is 2.20. The molecule has 8 aromatic rings. The molecule has 8 rings (SSSR count). The van der Waals surface area contributed by atoms with Gasteiger partial charge in [-0.3, -0.25) is 5.41 Å². The van der Waals surface area contributed by atoms with Crippen LogP contribution in [0.1, 0.15) is 11.1 Å². The summed E-state index contributed by atoms with van der Waals surface area (Å²) in [6, 6.07) is 59.0. The van der Waals surface area contributed by atoms with Gasteiger partial charge >= 0.3 is 0 Å². The molecule has 3 nitrogen and oxygen atoms in total. The second kappa shape index (κ2) is 13.1. The molecule has 0 spiro atoms.